The van der Waals surface area contributed by atoms with Gasteiger partial charge < -0.3 is 14.4 Å². The Morgan fingerprint density at radius 3 is 2.71 bits per heavy atom. The number of anilines is 1. The summed E-state index contributed by atoms with van der Waals surface area (Å²) in [5, 5.41) is 0.370. The molecule has 3 aromatic rings. The van der Waals surface area contributed by atoms with E-state index in [2.05, 4.69) is 33.7 Å². The van der Waals surface area contributed by atoms with Crippen LogP contribution in [0.4, 0.5) is 5.82 Å². The Kier molecular flexibility index (Phi) is 6.00. The summed E-state index contributed by atoms with van der Waals surface area (Å²) in [6.07, 6.45) is 2.42. The van der Waals surface area contributed by atoms with Crippen molar-refractivity contribution < 1.29 is 9.47 Å². The molecule has 0 N–H and O–H groups in total. The SMILES string of the molecule is CCOc1ccc(O[C@@H]2C[C@@H](C)N(c3nc(=O)n(C)c4ccc(Cl)nc34)C[C@H]2C)nc1. The molecule has 1 saturated heterocycles. The number of piperidine rings is 1. The van der Waals surface area contributed by atoms with E-state index in [4.69, 9.17) is 21.1 Å². The lowest BCUT2D eigenvalue weighted by atomic mass is 9.91. The molecular weight excluding hydrogens is 418 g/mol. The van der Waals surface area contributed by atoms with Crippen molar-refractivity contribution >= 4 is 28.5 Å². The second kappa shape index (κ2) is 8.70. The smallest absolute Gasteiger partial charge is 0.349 e. The van der Waals surface area contributed by atoms with Crippen molar-refractivity contribution in [3.63, 3.8) is 0 Å². The predicted octanol–water partition coefficient (Wildman–Crippen LogP) is 3.46. The minimum Gasteiger partial charge on any atom is -0.492 e. The zero-order valence-electron chi connectivity index (χ0n) is 18.1. The van der Waals surface area contributed by atoms with Gasteiger partial charge in [0, 0.05) is 38.0 Å². The quantitative estimate of drug-likeness (QED) is 0.558. The number of aromatic nitrogens is 4. The Morgan fingerprint density at radius 1 is 1.19 bits per heavy atom. The Hall–Kier alpha value is -2.87. The summed E-state index contributed by atoms with van der Waals surface area (Å²) in [6, 6.07) is 7.27. The second-order valence-electron chi connectivity index (χ2n) is 7.91. The van der Waals surface area contributed by atoms with Gasteiger partial charge in [-0.05, 0) is 32.0 Å². The van der Waals surface area contributed by atoms with Gasteiger partial charge in [0.15, 0.2) is 5.82 Å². The highest BCUT2D eigenvalue weighted by Gasteiger charge is 2.34. The van der Waals surface area contributed by atoms with Gasteiger partial charge in [-0.2, -0.15) is 4.98 Å². The maximum atomic E-state index is 12.5. The molecule has 0 radical (unpaired) electrons. The first-order chi connectivity index (χ1) is 14.9. The van der Waals surface area contributed by atoms with Gasteiger partial charge in [-0.15, -0.1) is 0 Å². The molecule has 0 aromatic carbocycles. The molecule has 0 spiro atoms. The lowest BCUT2D eigenvalue weighted by Crippen LogP contribution is -2.50. The molecule has 3 atom stereocenters. The Labute approximate surface area is 185 Å². The number of aryl methyl sites for hydroxylation is 1. The monoisotopic (exact) mass is 443 g/mol. The molecule has 4 rings (SSSR count). The first-order valence-electron chi connectivity index (χ1n) is 10.4. The van der Waals surface area contributed by atoms with E-state index in [0.29, 0.717) is 41.0 Å². The van der Waals surface area contributed by atoms with E-state index in [1.807, 2.05) is 19.1 Å². The molecule has 31 heavy (non-hydrogen) atoms. The lowest BCUT2D eigenvalue weighted by Gasteiger charge is -2.42. The van der Waals surface area contributed by atoms with Gasteiger partial charge in [0.2, 0.25) is 5.88 Å². The average Bonchev–Trinajstić information content (AvgIpc) is 2.75. The van der Waals surface area contributed by atoms with Crippen molar-refractivity contribution in [2.24, 2.45) is 13.0 Å². The predicted molar refractivity (Wildman–Crippen MR) is 120 cm³/mol. The van der Waals surface area contributed by atoms with Crippen LogP contribution >= 0.6 is 11.6 Å². The molecule has 0 unspecified atom stereocenters. The number of pyridine rings is 2. The van der Waals surface area contributed by atoms with Crippen LogP contribution in [0.3, 0.4) is 0 Å². The van der Waals surface area contributed by atoms with E-state index >= 15 is 0 Å². The first kappa shape index (κ1) is 21.4. The number of fused-ring (bicyclic) bond motifs is 1. The van der Waals surface area contributed by atoms with Crippen molar-refractivity contribution in [3.05, 3.63) is 46.1 Å². The van der Waals surface area contributed by atoms with Crippen molar-refractivity contribution in [3.8, 4) is 11.6 Å². The van der Waals surface area contributed by atoms with Gasteiger partial charge in [-0.25, -0.2) is 14.8 Å². The third-order valence-corrected chi connectivity index (χ3v) is 5.90. The summed E-state index contributed by atoms with van der Waals surface area (Å²) in [6.45, 7) is 7.43. The summed E-state index contributed by atoms with van der Waals surface area (Å²) in [5.74, 6) is 2.05. The molecule has 1 aliphatic heterocycles. The zero-order valence-corrected chi connectivity index (χ0v) is 18.8. The Morgan fingerprint density at radius 2 is 2.00 bits per heavy atom. The van der Waals surface area contributed by atoms with Gasteiger partial charge in [0.05, 0.1) is 18.3 Å². The first-order valence-corrected chi connectivity index (χ1v) is 10.8. The molecule has 1 fully saturated rings. The van der Waals surface area contributed by atoms with Crippen LogP contribution < -0.4 is 20.1 Å². The minimum atomic E-state index is -0.316. The summed E-state index contributed by atoms with van der Waals surface area (Å²) in [4.78, 5) is 27.8. The van der Waals surface area contributed by atoms with Crippen LogP contribution in [0, 0.1) is 5.92 Å². The van der Waals surface area contributed by atoms with Crippen LogP contribution in [0.15, 0.2) is 35.3 Å². The summed E-state index contributed by atoms with van der Waals surface area (Å²) in [5.41, 5.74) is 1.01. The van der Waals surface area contributed by atoms with E-state index in [1.165, 1.54) is 4.57 Å². The average molecular weight is 444 g/mol. The lowest BCUT2D eigenvalue weighted by molar-refractivity contribution is 0.102. The highest BCUT2D eigenvalue weighted by Crippen LogP contribution is 2.32. The number of nitrogens with zero attached hydrogens (tertiary/aromatic N) is 5. The topological polar surface area (TPSA) is 82.4 Å². The van der Waals surface area contributed by atoms with E-state index in [0.717, 1.165) is 12.2 Å². The summed E-state index contributed by atoms with van der Waals surface area (Å²) in [7, 11) is 1.69. The van der Waals surface area contributed by atoms with E-state index in [9.17, 15) is 4.79 Å². The summed E-state index contributed by atoms with van der Waals surface area (Å²) >= 11 is 6.15. The van der Waals surface area contributed by atoms with Gasteiger partial charge in [-0.3, -0.25) is 4.57 Å². The third-order valence-electron chi connectivity index (χ3n) is 5.69. The fraction of sp³-hybridized carbons (Fsp3) is 0.455. The van der Waals surface area contributed by atoms with Crippen LogP contribution in [0.5, 0.6) is 11.6 Å². The largest absolute Gasteiger partial charge is 0.492 e. The highest BCUT2D eigenvalue weighted by molar-refractivity contribution is 6.29. The highest BCUT2D eigenvalue weighted by atomic mass is 35.5. The molecule has 9 heteroatoms. The van der Waals surface area contributed by atoms with Crippen LogP contribution in [-0.4, -0.2) is 44.8 Å². The van der Waals surface area contributed by atoms with Gasteiger partial charge in [0.1, 0.15) is 22.5 Å². The van der Waals surface area contributed by atoms with Crippen LogP contribution in [-0.2, 0) is 7.05 Å². The molecule has 0 bridgehead atoms. The van der Waals surface area contributed by atoms with E-state index in [-0.39, 0.29) is 23.8 Å². The fourth-order valence-electron chi connectivity index (χ4n) is 3.99. The molecule has 4 heterocycles. The molecular formula is C22H26ClN5O3. The van der Waals surface area contributed by atoms with Crippen molar-refractivity contribution in [1.82, 2.24) is 19.5 Å². The normalized spacial score (nSPS) is 21.3. The molecule has 0 saturated carbocycles. The second-order valence-corrected chi connectivity index (χ2v) is 8.30. The Bertz CT molecular complexity index is 1130. The maximum Gasteiger partial charge on any atom is 0.349 e. The summed E-state index contributed by atoms with van der Waals surface area (Å²) < 4.78 is 13.1. The Balaban J connectivity index is 1.58. The van der Waals surface area contributed by atoms with Crippen LogP contribution in [0.25, 0.3) is 11.0 Å². The number of ether oxygens (including phenoxy) is 2. The van der Waals surface area contributed by atoms with Crippen molar-refractivity contribution in [2.45, 2.75) is 39.3 Å². The fourth-order valence-corrected chi connectivity index (χ4v) is 4.14. The number of hydrogen-bond acceptors (Lipinski definition) is 7. The minimum absolute atomic E-state index is 0.00829. The van der Waals surface area contributed by atoms with E-state index < -0.39 is 0 Å². The third kappa shape index (κ3) is 4.30. The van der Waals surface area contributed by atoms with Gasteiger partial charge in [0.25, 0.3) is 0 Å². The zero-order chi connectivity index (χ0) is 22.1. The molecule has 164 valence electrons. The van der Waals surface area contributed by atoms with Crippen LogP contribution in [0.2, 0.25) is 5.15 Å². The number of hydrogen-bond donors (Lipinski definition) is 0. The molecule has 0 aliphatic carbocycles. The van der Waals surface area contributed by atoms with Crippen molar-refractivity contribution in [2.75, 3.05) is 18.1 Å². The standard InChI is InChI=1S/C22H26ClN5O3/c1-5-30-15-6-9-19(24-11-15)31-17-10-14(3)28(12-13(17)2)21-20-16(7-8-18(23)25-20)27(4)22(29)26-21/h6-9,11,13-14,17H,5,10,12H2,1-4H3/t13-,14-,17-/m1/s1. The van der Waals surface area contributed by atoms with Crippen molar-refractivity contribution in [1.29, 1.82) is 0 Å². The van der Waals surface area contributed by atoms with Crippen LogP contribution in [0.1, 0.15) is 27.2 Å². The molecule has 3 aromatic heterocycles. The maximum absolute atomic E-state index is 12.5. The van der Waals surface area contributed by atoms with Gasteiger partial charge >= 0.3 is 5.69 Å². The number of rotatable bonds is 5. The van der Waals surface area contributed by atoms with Gasteiger partial charge in [-0.1, -0.05) is 18.5 Å². The molecule has 0 amide bonds. The van der Waals surface area contributed by atoms with E-state index in [1.54, 1.807) is 25.4 Å². The molecule has 1 aliphatic rings. The number of halogens is 1. The molecule has 8 nitrogen and oxygen atoms in total.